The molecule has 1 N–H and O–H groups in total. The van der Waals surface area contributed by atoms with Gasteiger partial charge in [0.2, 0.25) is 6.79 Å². The Bertz CT molecular complexity index is 1130. The number of carbonyl (C=O) groups excluding carboxylic acids is 2. The van der Waals surface area contributed by atoms with Crippen molar-refractivity contribution in [3.8, 4) is 17.2 Å². The Morgan fingerprint density at radius 2 is 1.73 bits per heavy atom. The molecule has 7 nitrogen and oxygen atoms in total. The summed E-state index contributed by atoms with van der Waals surface area (Å²) in [6, 6.07) is 18.0. The summed E-state index contributed by atoms with van der Waals surface area (Å²) < 4.78 is 15.9. The van der Waals surface area contributed by atoms with Gasteiger partial charge >= 0.3 is 5.97 Å². The van der Waals surface area contributed by atoms with Gasteiger partial charge in [-0.25, -0.2) is 10.2 Å². The average molecular weight is 423 g/mol. The quantitative estimate of drug-likeness (QED) is 0.290. The molecular weight excluding hydrogens is 408 g/mol. The molecule has 0 spiro atoms. The van der Waals surface area contributed by atoms with Gasteiger partial charge in [-0.2, -0.15) is 5.10 Å². The molecule has 0 radical (unpaired) electrons. The highest BCUT2D eigenvalue weighted by Gasteiger charge is 2.17. The second-order valence-electron chi connectivity index (χ2n) is 6.24. The topological polar surface area (TPSA) is 86.2 Å². The van der Waals surface area contributed by atoms with E-state index in [0.29, 0.717) is 39.0 Å². The minimum atomic E-state index is -0.529. The second kappa shape index (κ2) is 8.67. The number of benzene rings is 3. The average Bonchev–Trinajstić information content (AvgIpc) is 3.22. The molecule has 1 amide bonds. The van der Waals surface area contributed by atoms with Gasteiger partial charge in [0, 0.05) is 10.6 Å². The van der Waals surface area contributed by atoms with Crippen LogP contribution in [0.25, 0.3) is 0 Å². The number of nitrogens with one attached hydrogen (secondary N) is 1. The number of ether oxygens (including phenoxy) is 3. The fraction of sp³-hybridized carbons (Fsp3) is 0.0455. The van der Waals surface area contributed by atoms with Crippen LogP contribution in [0.3, 0.4) is 0 Å². The van der Waals surface area contributed by atoms with Crippen LogP contribution in [-0.2, 0) is 0 Å². The summed E-state index contributed by atoms with van der Waals surface area (Å²) in [4.78, 5) is 24.4. The molecule has 4 rings (SSSR count). The number of fused-ring (bicyclic) bond motifs is 1. The number of nitrogens with zero attached hydrogens (tertiary/aromatic N) is 1. The summed E-state index contributed by atoms with van der Waals surface area (Å²) in [6.07, 6.45) is 1.45. The highest BCUT2D eigenvalue weighted by atomic mass is 35.5. The van der Waals surface area contributed by atoms with Crippen LogP contribution in [0.15, 0.2) is 71.8 Å². The number of rotatable bonds is 5. The first-order valence-corrected chi connectivity index (χ1v) is 9.27. The van der Waals surface area contributed by atoms with Crippen molar-refractivity contribution in [2.24, 2.45) is 5.10 Å². The smallest absolute Gasteiger partial charge is 0.343 e. The Morgan fingerprint density at radius 1 is 0.967 bits per heavy atom. The Kier molecular flexibility index (Phi) is 5.63. The molecule has 0 fully saturated rings. The van der Waals surface area contributed by atoms with E-state index in [1.807, 2.05) is 0 Å². The number of carbonyl (C=O) groups is 2. The van der Waals surface area contributed by atoms with Crippen LogP contribution in [0.2, 0.25) is 5.02 Å². The third kappa shape index (κ3) is 4.59. The van der Waals surface area contributed by atoms with E-state index in [4.69, 9.17) is 25.8 Å². The summed E-state index contributed by atoms with van der Waals surface area (Å²) in [7, 11) is 0. The molecule has 0 aromatic heterocycles. The van der Waals surface area contributed by atoms with Gasteiger partial charge in [0.05, 0.1) is 11.8 Å². The van der Waals surface area contributed by atoms with Crippen LogP contribution >= 0.6 is 11.6 Å². The van der Waals surface area contributed by atoms with Crippen molar-refractivity contribution >= 4 is 29.7 Å². The maximum Gasteiger partial charge on any atom is 0.343 e. The van der Waals surface area contributed by atoms with Crippen molar-refractivity contribution in [1.82, 2.24) is 5.43 Å². The first kappa shape index (κ1) is 19.5. The van der Waals surface area contributed by atoms with Gasteiger partial charge in [-0.3, -0.25) is 4.79 Å². The largest absolute Gasteiger partial charge is 0.454 e. The van der Waals surface area contributed by atoms with Crippen LogP contribution in [0, 0.1) is 0 Å². The molecule has 30 heavy (non-hydrogen) atoms. The Hall–Kier alpha value is -3.84. The lowest BCUT2D eigenvalue weighted by Gasteiger charge is -2.06. The van der Waals surface area contributed by atoms with Gasteiger partial charge in [-0.15, -0.1) is 0 Å². The number of halogens is 1. The first-order valence-electron chi connectivity index (χ1n) is 8.89. The highest BCUT2D eigenvalue weighted by molar-refractivity contribution is 6.30. The number of hydrogen-bond donors (Lipinski definition) is 1. The summed E-state index contributed by atoms with van der Waals surface area (Å²) in [5.74, 6) is 0.532. The van der Waals surface area contributed by atoms with E-state index in [1.165, 1.54) is 6.21 Å². The van der Waals surface area contributed by atoms with Gasteiger partial charge in [0.15, 0.2) is 11.5 Å². The molecule has 150 valence electrons. The Morgan fingerprint density at radius 3 is 2.57 bits per heavy atom. The van der Waals surface area contributed by atoms with Crippen molar-refractivity contribution in [3.05, 3.63) is 88.4 Å². The van der Waals surface area contributed by atoms with Crippen molar-refractivity contribution in [2.45, 2.75) is 0 Å². The first-order chi connectivity index (χ1) is 14.6. The van der Waals surface area contributed by atoms with Crippen LogP contribution in [-0.4, -0.2) is 24.9 Å². The second-order valence-corrected chi connectivity index (χ2v) is 6.67. The Labute approximate surface area is 176 Å². The van der Waals surface area contributed by atoms with Gasteiger partial charge in [0.25, 0.3) is 5.91 Å². The van der Waals surface area contributed by atoms with Gasteiger partial charge in [-0.1, -0.05) is 23.7 Å². The van der Waals surface area contributed by atoms with Gasteiger partial charge in [0.1, 0.15) is 5.75 Å². The lowest BCUT2D eigenvalue weighted by molar-refractivity contribution is 0.0734. The van der Waals surface area contributed by atoms with Crippen LogP contribution in [0.5, 0.6) is 17.2 Å². The maximum atomic E-state index is 12.4. The lowest BCUT2D eigenvalue weighted by Crippen LogP contribution is -2.17. The number of hydrogen-bond acceptors (Lipinski definition) is 6. The number of hydrazone groups is 1. The zero-order valence-electron chi connectivity index (χ0n) is 15.5. The fourth-order valence-electron chi connectivity index (χ4n) is 2.68. The normalized spacial score (nSPS) is 12.0. The molecule has 1 aliphatic heterocycles. The molecular formula is C22H15ClN2O5. The van der Waals surface area contributed by atoms with Crippen molar-refractivity contribution < 1.29 is 23.8 Å². The van der Waals surface area contributed by atoms with Crippen molar-refractivity contribution in [1.29, 1.82) is 0 Å². The van der Waals surface area contributed by atoms with E-state index in [0.717, 1.165) is 0 Å². The summed E-state index contributed by atoms with van der Waals surface area (Å²) in [5.41, 5.74) is 3.85. The standard InChI is InChI=1S/C22H15ClN2O5/c23-17-7-4-15(5-8-17)21(26)25-24-12-14-2-1-3-18(10-14)30-22(27)16-6-9-19-20(11-16)29-13-28-19/h1-12H,13H2,(H,25,26). The molecule has 0 unspecified atom stereocenters. The van der Waals surface area contributed by atoms with Gasteiger partial charge in [-0.05, 0) is 60.2 Å². The van der Waals surface area contributed by atoms with Crippen LogP contribution in [0.1, 0.15) is 26.3 Å². The molecule has 3 aromatic rings. The van der Waals surface area contributed by atoms with E-state index in [9.17, 15) is 9.59 Å². The third-order valence-corrected chi connectivity index (χ3v) is 4.42. The minimum absolute atomic E-state index is 0.129. The van der Waals surface area contributed by atoms with Crippen molar-refractivity contribution in [2.75, 3.05) is 6.79 Å². The number of esters is 1. The van der Waals surface area contributed by atoms with E-state index < -0.39 is 5.97 Å². The number of amides is 1. The summed E-state index contributed by atoms with van der Waals surface area (Å²) in [5, 5.41) is 4.47. The zero-order valence-corrected chi connectivity index (χ0v) is 16.3. The molecule has 3 aromatic carbocycles. The predicted octanol–water partition coefficient (Wildman–Crippen LogP) is 4.05. The molecule has 0 saturated heterocycles. The minimum Gasteiger partial charge on any atom is -0.454 e. The van der Waals surface area contributed by atoms with Crippen LogP contribution < -0.4 is 19.6 Å². The van der Waals surface area contributed by atoms with E-state index in [1.54, 1.807) is 66.7 Å². The van der Waals surface area contributed by atoms with Crippen molar-refractivity contribution in [3.63, 3.8) is 0 Å². The lowest BCUT2D eigenvalue weighted by atomic mass is 10.2. The highest BCUT2D eigenvalue weighted by Crippen LogP contribution is 2.32. The maximum absolute atomic E-state index is 12.4. The summed E-state index contributed by atoms with van der Waals surface area (Å²) in [6.45, 7) is 0.129. The molecule has 8 heteroatoms. The fourth-order valence-corrected chi connectivity index (χ4v) is 2.81. The van der Waals surface area contributed by atoms with E-state index in [2.05, 4.69) is 10.5 Å². The SMILES string of the molecule is O=C(NN=Cc1cccc(OC(=O)c2ccc3c(c2)OCO3)c1)c1ccc(Cl)cc1. The zero-order chi connectivity index (χ0) is 20.9. The van der Waals surface area contributed by atoms with Crippen LogP contribution in [0.4, 0.5) is 0 Å². The van der Waals surface area contributed by atoms with E-state index >= 15 is 0 Å². The Balaban J connectivity index is 1.38. The molecule has 0 aliphatic carbocycles. The predicted molar refractivity (Wildman–Crippen MR) is 110 cm³/mol. The molecule has 0 saturated carbocycles. The monoisotopic (exact) mass is 422 g/mol. The van der Waals surface area contributed by atoms with E-state index in [-0.39, 0.29) is 12.7 Å². The van der Waals surface area contributed by atoms with Gasteiger partial charge < -0.3 is 14.2 Å². The molecule has 0 atom stereocenters. The molecule has 0 bridgehead atoms. The summed E-state index contributed by atoms with van der Waals surface area (Å²) >= 11 is 5.81. The molecule has 1 heterocycles. The third-order valence-electron chi connectivity index (χ3n) is 4.16. The molecule has 1 aliphatic rings.